The van der Waals surface area contributed by atoms with E-state index in [0.29, 0.717) is 12.8 Å². The number of ether oxygens (including phenoxy) is 2. The molecule has 0 aliphatic heterocycles. The molecule has 0 aliphatic carbocycles. The Morgan fingerprint density at radius 3 is 1.43 bits per heavy atom. The summed E-state index contributed by atoms with van der Waals surface area (Å²) in [6.45, 7) is 1.59. The fraction of sp³-hybridized carbons (Fsp3) is 0.696. The van der Waals surface area contributed by atoms with Crippen molar-refractivity contribution in [3.63, 3.8) is 0 Å². The predicted octanol–water partition coefficient (Wildman–Crippen LogP) is 11.8. The van der Waals surface area contributed by atoms with Crippen molar-refractivity contribution in [2.45, 2.75) is 180 Å². The third-order valence-corrected chi connectivity index (χ3v) is 10.5. The first-order chi connectivity index (χ1) is 29.4. The van der Waals surface area contributed by atoms with Crippen molar-refractivity contribution in [3.8, 4) is 0 Å². The second-order valence-corrected chi connectivity index (χ2v) is 17.6. The van der Waals surface area contributed by atoms with E-state index in [1.54, 1.807) is 0 Å². The van der Waals surface area contributed by atoms with Crippen LogP contribution in [0.3, 0.4) is 0 Å². The van der Waals surface area contributed by atoms with Gasteiger partial charge in [-0.05, 0) is 83.5 Å². The molecule has 0 amide bonds. The lowest BCUT2D eigenvalue weighted by atomic mass is 10.1. The van der Waals surface area contributed by atoms with Gasteiger partial charge in [-0.2, -0.15) is 0 Å². The highest BCUT2D eigenvalue weighted by Gasteiger charge is 2.28. The van der Waals surface area contributed by atoms with Crippen LogP contribution in [0.25, 0.3) is 0 Å². The highest BCUT2D eigenvalue weighted by atomic mass is 31.2. The zero-order chi connectivity index (χ0) is 45.1. The lowest BCUT2D eigenvalue weighted by molar-refractivity contribution is -0.161. The zero-order valence-electron chi connectivity index (χ0n) is 37.2. The number of carbonyl (C=O) groups excluding carboxylic acids is 2. The quantitative estimate of drug-likeness (QED) is 0.0196. The summed E-state index contributed by atoms with van der Waals surface area (Å²) in [6, 6.07) is 0. The summed E-state index contributed by atoms with van der Waals surface area (Å²) in [5, 5.41) is 9.75. The smallest absolute Gasteiger partial charge is 0.462 e. The van der Waals surface area contributed by atoms with Crippen molar-refractivity contribution in [1.82, 2.24) is 0 Å². The van der Waals surface area contributed by atoms with Crippen LogP contribution >= 0.6 is 15.6 Å². The van der Waals surface area contributed by atoms with Crippen LogP contribution in [-0.4, -0.2) is 70.4 Å². The summed E-state index contributed by atoms with van der Waals surface area (Å²) in [4.78, 5) is 52.7. The highest BCUT2D eigenvalue weighted by molar-refractivity contribution is 7.47. The van der Waals surface area contributed by atoms with Crippen molar-refractivity contribution in [3.05, 3.63) is 72.9 Å². The molecular formula is C46H80O13P2. The maximum Gasteiger partial charge on any atom is 0.472 e. The van der Waals surface area contributed by atoms with E-state index in [1.165, 1.54) is 44.9 Å². The predicted molar refractivity (Wildman–Crippen MR) is 244 cm³/mol. The Labute approximate surface area is 367 Å². The van der Waals surface area contributed by atoms with Gasteiger partial charge in [0.1, 0.15) is 12.7 Å². The van der Waals surface area contributed by atoms with Gasteiger partial charge in [0.05, 0.1) is 19.8 Å². The number of esters is 2. The topological polar surface area (TPSA) is 195 Å². The minimum atomic E-state index is -4.87. The fourth-order valence-corrected chi connectivity index (χ4v) is 6.82. The third-order valence-electron chi connectivity index (χ3n) is 9.07. The molecule has 0 saturated heterocycles. The van der Waals surface area contributed by atoms with Gasteiger partial charge in [0, 0.05) is 12.8 Å². The molecule has 0 aromatic carbocycles. The van der Waals surface area contributed by atoms with Crippen LogP contribution in [0.4, 0.5) is 0 Å². The van der Waals surface area contributed by atoms with E-state index in [4.69, 9.17) is 23.8 Å². The number of aliphatic hydroxyl groups is 1. The molecule has 0 bridgehead atoms. The van der Waals surface area contributed by atoms with Gasteiger partial charge in [-0.1, -0.05) is 145 Å². The van der Waals surface area contributed by atoms with E-state index in [9.17, 15) is 28.7 Å². The number of rotatable bonds is 42. The van der Waals surface area contributed by atoms with Crippen molar-refractivity contribution in [1.29, 1.82) is 0 Å². The summed E-state index contributed by atoms with van der Waals surface area (Å²) in [5.74, 6) is -1.08. The highest BCUT2D eigenvalue weighted by Crippen LogP contribution is 2.43. The second kappa shape index (κ2) is 41.6. The van der Waals surface area contributed by atoms with Crippen LogP contribution in [0.15, 0.2) is 72.9 Å². The molecule has 352 valence electrons. The van der Waals surface area contributed by atoms with Crippen molar-refractivity contribution < 1.29 is 61.6 Å². The molecule has 1 unspecified atom stereocenters. The number of aliphatic hydroxyl groups excluding tert-OH is 1. The molecule has 0 radical (unpaired) electrons. The van der Waals surface area contributed by atoms with E-state index >= 15 is 0 Å². The zero-order valence-corrected chi connectivity index (χ0v) is 39.0. The summed E-state index contributed by atoms with van der Waals surface area (Å²) in [7, 11) is -9.69. The maximum absolute atomic E-state index is 12.7. The standard InChI is InChI=1S/C46H80O13P2/c1-3-5-7-9-11-13-15-17-19-20-21-22-24-26-28-30-32-34-36-38-46(49)59-44(42-58-61(53,54)57-40-43(47)39-56-60(50,51)52)41-55-45(48)37-35-33-31-29-27-25-23-18-16-14-12-10-8-6-4-2/h5,7,11,13-14,16-17,19,21-22,26,28,43-44,47H,3-4,6,8-10,12,15,18,20,23-25,27,29-42H2,1-2H3,(H,53,54)(H2,50,51,52)/b7-5-,13-11-,16-14-,19-17-,22-21-,28-26-/t43-,44+/m0/s1. The van der Waals surface area contributed by atoms with Gasteiger partial charge in [0.2, 0.25) is 0 Å². The molecule has 0 aliphatic rings. The van der Waals surface area contributed by atoms with Gasteiger partial charge >= 0.3 is 27.6 Å². The van der Waals surface area contributed by atoms with Gasteiger partial charge < -0.3 is 29.3 Å². The average molecular weight is 903 g/mol. The van der Waals surface area contributed by atoms with Crippen molar-refractivity contribution in [2.75, 3.05) is 26.4 Å². The number of hydrogen-bond donors (Lipinski definition) is 4. The SMILES string of the molecule is CC/C=C\C/C=C\C/C=C\C/C=C\C/C=C\CCCCCC(=O)O[C@H](COC(=O)CCCCCCCCC/C=C\CCCCCC)COP(=O)(O)OC[C@@H](O)COP(=O)(O)O. The van der Waals surface area contributed by atoms with E-state index in [0.717, 1.165) is 83.5 Å². The minimum Gasteiger partial charge on any atom is -0.462 e. The Morgan fingerprint density at radius 1 is 0.492 bits per heavy atom. The number of hydrogen-bond acceptors (Lipinski definition) is 10. The molecule has 0 rings (SSSR count). The number of phosphoric ester groups is 2. The fourth-order valence-electron chi connectivity index (χ4n) is 5.66. The summed E-state index contributed by atoms with van der Waals surface area (Å²) in [5.41, 5.74) is 0. The maximum atomic E-state index is 12.7. The third kappa shape index (κ3) is 45.4. The molecule has 61 heavy (non-hydrogen) atoms. The molecule has 3 atom stereocenters. The number of unbranched alkanes of at least 4 members (excludes halogenated alkanes) is 14. The molecular weight excluding hydrogens is 822 g/mol. The lowest BCUT2D eigenvalue weighted by Gasteiger charge is -2.20. The summed E-state index contributed by atoms with van der Waals surface area (Å²) in [6.07, 6.45) is 46.0. The molecule has 4 N–H and O–H groups in total. The van der Waals surface area contributed by atoms with Gasteiger partial charge in [0.25, 0.3) is 0 Å². The van der Waals surface area contributed by atoms with Crippen LogP contribution in [0, 0.1) is 0 Å². The normalized spacial score (nSPS) is 14.7. The molecule has 0 aromatic rings. The van der Waals surface area contributed by atoms with Crippen LogP contribution in [0.2, 0.25) is 0 Å². The van der Waals surface area contributed by atoms with Crippen molar-refractivity contribution >= 4 is 27.6 Å². The van der Waals surface area contributed by atoms with Crippen LogP contribution in [0.1, 0.15) is 168 Å². The molecule has 0 heterocycles. The summed E-state index contributed by atoms with van der Waals surface area (Å²) < 4.78 is 47.8. The average Bonchev–Trinajstić information content (AvgIpc) is 3.22. The Kier molecular flexibility index (Phi) is 39.9. The largest absolute Gasteiger partial charge is 0.472 e. The van der Waals surface area contributed by atoms with Gasteiger partial charge in [-0.25, -0.2) is 9.13 Å². The molecule has 0 spiro atoms. The summed E-state index contributed by atoms with van der Waals surface area (Å²) >= 11 is 0. The van der Waals surface area contributed by atoms with E-state index in [-0.39, 0.29) is 12.8 Å². The number of carbonyl (C=O) groups is 2. The molecule has 0 fully saturated rings. The van der Waals surface area contributed by atoms with E-state index in [1.807, 2.05) is 0 Å². The minimum absolute atomic E-state index is 0.0883. The molecule has 13 nitrogen and oxygen atoms in total. The first-order valence-corrected chi connectivity index (χ1v) is 25.7. The first kappa shape index (κ1) is 58.6. The Morgan fingerprint density at radius 2 is 0.902 bits per heavy atom. The number of allylic oxidation sites excluding steroid dienone is 12. The molecule has 15 heteroatoms. The van der Waals surface area contributed by atoms with Crippen LogP contribution in [0.5, 0.6) is 0 Å². The van der Waals surface area contributed by atoms with Crippen molar-refractivity contribution in [2.24, 2.45) is 0 Å². The van der Waals surface area contributed by atoms with Gasteiger partial charge in [0.15, 0.2) is 6.10 Å². The second-order valence-electron chi connectivity index (χ2n) is 14.9. The van der Waals surface area contributed by atoms with Gasteiger partial charge in [-0.15, -0.1) is 0 Å². The monoisotopic (exact) mass is 903 g/mol. The van der Waals surface area contributed by atoms with E-state index in [2.05, 4.69) is 95.8 Å². The Bertz CT molecular complexity index is 1350. The van der Waals surface area contributed by atoms with Gasteiger partial charge in [-0.3, -0.25) is 23.2 Å². The first-order valence-electron chi connectivity index (χ1n) is 22.6. The Balaban J connectivity index is 4.58. The van der Waals surface area contributed by atoms with E-state index < -0.39 is 66.2 Å². The number of phosphoric acid groups is 2. The molecule has 0 saturated carbocycles. The van der Waals surface area contributed by atoms with Crippen LogP contribution in [-0.2, 0) is 41.8 Å². The van der Waals surface area contributed by atoms with Crippen LogP contribution < -0.4 is 0 Å². The Hall–Kier alpha value is -2.44. The molecule has 0 aromatic heterocycles. The lowest BCUT2D eigenvalue weighted by Crippen LogP contribution is -2.30.